The number of benzene rings is 7. The third-order valence-corrected chi connectivity index (χ3v) is 20.6. The molecule has 1 aromatic heterocycles. The first kappa shape index (κ1) is 50.5. The van der Waals surface area contributed by atoms with Gasteiger partial charge in [0.05, 0.1) is 0 Å². The lowest BCUT2D eigenvalue weighted by atomic mass is 9.55. The Labute approximate surface area is 461 Å². The van der Waals surface area contributed by atoms with Gasteiger partial charge in [-0.15, -0.1) is 0 Å². The van der Waals surface area contributed by atoms with Gasteiger partial charge in [-0.05, 0) is 204 Å². The Morgan fingerprint density at radius 2 is 1.00 bits per heavy atom. The van der Waals surface area contributed by atoms with Gasteiger partial charge in [0.1, 0.15) is 11.2 Å². The zero-order chi connectivity index (χ0) is 54.5. The molecule has 4 aliphatic carbocycles. The first-order chi connectivity index (χ1) is 36.0. The number of hydrogen-bond donors (Lipinski definition) is 1. The van der Waals surface area contributed by atoms with Crippen molar-refractivity contribution >= 4 is 68.6 Å². The molecule has 5 aliphatic rings. The van der Waals surface area contributed by atoms with Crippen molar-refractivity contribution in [3.05, 3.63) is 159 Å². The Morgan fingerprint density at radius 3 is 1.62 bits per heavy atom. The SMILES string of the molecule is CC(C)(C)c1ccc(Nc2cc3c(cc2-c2c4c(cc5c2oc2ccccc25)N(c2ccc5c(c2)C(C)(C)CCC5(C)C)c2cc5c(cc2[B]4)C(C)(C)CCC5(C)C)-c2cc4c(cc2C3(C)C)C(C)(C)CCC4(C)C)cc1. The van der Waals surface area contributed by atoms with E-state index in [0.717, 1.165) is 63.7 Å². The molecule has 7 aromatic carbocycles. The molecule has 3 nitrogen and oxygen atoms in total. The van der Waals surface area contributed by atoms with Gasteiger partial charge in [-0.1, -0.05) is 172 Å². The molecule has 13 rings (SSSR count). The summed E-state index contributed by atoms with van der Waals surface area (Å²) in [5.74, 6) is 0. The lowest BCUT2D eigenvalue weighted by Crippen LogP contribution is -2.44. The standard InChI is InChI=1S/C73H82BN2O/c1-66(2,3)42-22-24-43(25-23-42)75-59-40-52-46(47-36-54-55(38-51(47)73(52,16)17)70(10,11)31-30-69(54,8)9)35-49(59)63-64-61(37-48-45-20-18-19-21-62(45)77-65(48)63)76(44-26-27-50-53(34-44)68(6,7)29-28-67(50,4)5)60-41-57-56(39-58(60)74-64)71(12,13)32-33-72(57,14)15/h18-27,34-41,75H,28-33H2,1-17H3. The monoisotopic (exact) mass is 1010 g/mol. The van der Waals surface area contributed by atoms with E-state index in [4.69, 9.17) is 4.42 Å². The average molecular weight is 1010 g/mol. The van der Waals surface area contributed by atoms with Gasteiger partial charge in [0.15, 0.2) is 7.28 Å². The number of nitrogens with zero attached hydrogens (tertiary/aromatic N) is 1. The summed E-state index contributed by atoms with van der Waals surface area (Å²) in [6.45, 7) is 41.4. The molecule has 0 bridgehead atoms. The molecular formula is C73H82BN2O. The molecule has 0 unspecified atom stereocenters. The van der Waals surface area contributed by atoms with Crippen molar-refractivity contribution < 1.29 is 4.42 Å². The van der Waals surface area contributed by atoms with Crippen molar-refractivity contribution in [1.82, 2.24) is 0 Å². The Hall–Kier alpha value is -6.00. The maximum absolute atomic E-state index is 7.35. The largest absolute Gasteiger partial charge is 0.455 e. The molecule has 0 saturated heterocycles. The number of rotatable bonds is 4. The van der Waals surface area contributed by atoms with Crippen LogP contribution >= 0.6 is 0 Å². The molecular weight excluding hydrogens is 932 g/mol. The first-order valence-electron chi connectivity index (χ1n) is 29.2. The van der Waals surface area contributed by atoms with Gasteiger partial charge < -0.3 is 14.6 Å². The number of nitrogens with one attached hydrogen (secondary N) is 1. The molecule has 1 N–H and O–H groups in total. The minimum Gasteiger partial charge on any atom is -0.455 e. The second-order valence-corrected chi connectivity index (χ2v) is 30.1. The summed E-state index contributed by atoms with van der Waals surface area (Å²) in [7, 11) is 2.54. The fourth-order valence-electron chi connectivity index (χ4n) is 15.0. The molecule has 0 fully saturated rings. The summed E-state index contributed by atoms with van der Waals surface area (Å²) in [5, 5.41) is 6.40. The molecule has 77 heavy (non-hydrogen) atoms. The quantitative estimate of drug-likeness (QED) is 0.178. The minimum atomic E-state index is -0.233. The summed E-state index contributed by atoms with van der Waals surface area (Å²) >= 11 is 0. The van der Waals surface area contributed by atoms with Crippen LogP contribution in [0.4, 0.5) is 28.4 Å². The molecule has 0 amide bonds. The second-order valence-electron chi connectivity index (χ2n) is 30.1. The molecule has 4 heteroatoms. The van der Waals surface area contributed by atoms with Gasteiger partial charge in [0.25, 0.3) is 0 Å². The molecule has 393 valence electrons. The number of para-hydroxylation sites is 1. The highest BCUT2D eigenvalue weighted by Gasteiger charge is 2.45. The van der Waals surface area contributed by atoms with E-state index in [9.17, 15) is 0 Å². The zero-order valence-corrected chi connectivity index (χ0v) is 49.6. The number of hydrogen-bond acceptors (Lipinski definition) is 3. The molecule has 0 atom stereocenters. The summed E-state index contributed by atoms with van der Waals surface area (Å²) in [5.41, 5.74) is 28.3. The van der Waals surface area contributed by atoms with Crippen LogP contribution in [0.3, 0.4) is 0 Å². The molecule has 0 saturated carbocycles. The van der Waals surface area contributed by atoms with Crippen LogP contribution in [0.2, 0.25) is 0 Å². The fourth-order valence-corrected chi connectivity index (χ4v) is 15.0. The van der Waals surface area contributed by atoms with E-state index in [1.54, 1.807) is 0 Å². The van der Waals surface area contributed by atoms with Crippen molar-refractivity contribution in [2.75, 3.05) is 10.2 Å². The van der Waals surface area contributed by atoms with Crippen molar-refractivity contribution in [3.8, 4) is 22.3 Å². The fraction of sp³-hybridized carbons (Fsp3) is 0.425. The normalized spacial score (nSPS) is 20.2. The molecule has 1 aliphatic heterocycles. The lowest BCUT2D eigenvalue weighted by Gasteiger charge is -2.45. The maximum atomic E-state index is 7.35. The highest BCUT2D eigenvalue weighted by atomic mass is 16.3. The Bertz CT molecular complexity index is 3820. The number of anilines is 5. The van der Waals surface area contributed by atoms with Crippen LogP contribution in [0, 0.1) is 0 Å². The molecule has 2 heterocycles. The topological polar surface area (TPSA) is 28.4 Å². The third kappa shape index (κ3) is 7.56. The Balaban J connectivity index is 1.14. The van der Waals surface area contributed by atoms with Gasteiger partial charge in [-0.3, -0.25) is 0 Å². The van der Waals surface area contributed by atoms with Crippen LogP contribution in [0.25, 0.3) is 44.2 Å². The van der Waals surface area contributed by atoms with E-state index in [2.05, 4.69) is 244 Å². The van der Waals surface area contributed by atoms with Crippen LogP contribution in [0.1, 0.15) is 206 Å². The van der Waals surface area contributed by atoms with Crippen LogP contribution in [-0.4, -0.2) is 7.28 Å². The highest BCUT2D eigenvalue weighted by Crippen LogP contribution is 2.58. The third-order valence-electron chi connectivity index (χ3n) is 20.6. The highest BCUT2D eigenvalue weighted by molar-refractivity contribution is 6.74. The number of fused-ring (bicyclic) bond motifs is 11. The number of furan rings is 1. The van der Waals surface area contributed by atoms with E-state index in [0.29, 0.717) is 0 Å². The summed E-state index contributed by atoms with van der Waals surface area (Å²) in [6.07, 6.45) is 7.02. The van der Waals surface area contributed by atoms with E-state index >= 15 is 0 Å². The smallest absolute Gasteiger partial charge is 0.198 e. The van der Waals surface area contributed by atoms with E-state index in [1.165, 1.54) is 108 Å². The van der Waals surface area contributed by atoms with Gasteiger partial charge in [-0.25, -0.2) is 0 Å². The summed E-state index contributed by atoms with van der Waals surface area (Å²) in [6, 6.07) is 43.4. The van der Waals surface area contributed by atoms with Crippen LogP contribution < -0.4 is 21.1 Å². The predicted molar refractivity (Wildman–Crippen MR) is 331 cm³/mol. The zero-order valence-electron chi connectivity index (χ0n) is 49.6. The van der Waals surface area contributed by atoms with Crippen LogP contribution in [-0.2, 0) is 43.3 Å². The van der Waals surface area contributed by atoms with Crippen LogP contribution in [0.15, 0.2) is 114 Å². The summed E-state index contributed by atoms with van der Waals surface area (Å²) < 4.78 is 7.35. The molecule has 0 spiro atoms. The van der Waals surface area contributed by atoms with Gasteiger partial charge >= 0.3 is 0 Å². The van der Waals surface area contributed by atoms with Crippen molar-refractivity contribution in [1.29, 1.82) is 0 Å². The van der Waals surface area contributed by atoms with E-state index < -0.39 is 0 Å². The van der Waals surface area contributed by atoms with Crippen molar-refractivity contribution in [3.63, 3.8) is 0 Å². The van der Waals surface area contributed by atoms with Crippen LogP contribution in [0.5, 0.6) is 0 Å². The van der Waals surface area contributed by atoms with Crippen molar-refractivity contribution in [2.45, 2.75) is 200 Å². The molecule has 1 radical (unpaired) electrons. The molecule has 8 aromatic rings. The predicted octanol–water partition coefficient (Wildman–Crippen LogP) is 19.1. The lowest BCUT2D eigenvalue weighted by molar-refractivity contribution is 0.331. The Morgan fingerprint density at radius 1 is 0.468 bits per heavy atom. The minimum absolute atomic E-state index is 0.0356. The van der Waals surface area contributed by atoms with Gasteiger partial charge in [-0.2, -0.15) is 0 Å². The van der Waals surface area contributed by atoms with Gasteiger partial charge in [0.2, 0.25) is 0 Å². The van der Waals surface area contributed by atoms with Gasteiger partial charge in [0, 0.05) is 55.8 Å². The second kappa shape index (κ2) is 16.1. The maximum Gasteiger partial charge on any atom is 0.198 e. The van der Waals surface area contributed by atoms with Crippen molar-refractivity contribution in [2.24, 2.45) is 0 Å². The van der Waals surface area contributed by atoms with E-state index in [-0.39, 0.29) is 43.3 Å². The average Bonchev–Trinajstić information content (AvgIpc) is 4.10. The Kier molecular flexibility index (Phi) is 10.5. The summed E-state index contributed by atoms with van der Waals surface area (Å²) in [4.78, 5) is 2.66. The first-order valence-corrected chi connectivity index (χ1v) is 29.2. The van der Waals surface area contributed by atoms with E-state index in [1.807, 2.05) is 0 Å².